The highest BCUT2D eigenvalue weighted by molar-refractivity contribution is 6.60. The zero-order valence-corrected chi connectivity index (χ0v) is 12.3. The topological polar surface area (TPSA) is 94.7 Å². The van der Waals surface area contributed by atoms with Crippen LogP contribution in [-0.2, 0) is 13.3 Å². The van der Waals surface area contributed by atoms with Crippen LogP contribution in [0.25, 0.3) is 0 Å². The van der Waals surface area contributed by atoms with Crippen molar-refractivity contribution in [3.8, 4) is 5.88 Å². The van der Waals surface area contributed by atoms with Crippen molar-refractivity contribution in [2.45, 2.75) is 12.5 Å². The summed E-state index contributed by atoms with van der Waals surface area (Å²) in [6.07, 6.45) is 3.03. The van der Waals surface area contributed by atoms with Crippen LogP contribution in [0.1, 0.15) is 6.42 Å². The predicted octanol–water partition coefficient (Wildman–Crippen LogP) is 0.766. The summed E-state index contributed by atoms with van der Waals surface area (Å²) in [6, 6.07) is 0.610. The van der Waals surface area contributed by atoms with E-state index >= 15 is 0 Å². The zero-order chi connectivity index (χ0) is 14.1. The van der Waals surface area contributed by atoms with E-state index in [4.69, 9.17) is 18.0 Å². The first-order valence-electron chi connectivity index (χ1n) is 5.75. The minimum absolute atomic E-state index is 0.229. The number of aromatic amines is 1. The predicted molar refractivity (Wildman–Crippen MR) is 68.8 cm³/mol. The second-order valence-electron chi connectivity index (χ2n) is 3.62. The van der Waals surface area contributed by atoms with Crippen LogP contribution in [0.4, 0.5) is 4.79 Å². The molecule has 0 bridgehead atoms. The Morgan fingerprint density at radius 2 is 2.05 bits per heavy atom. The van der Waals surface area contributed by atoms with Crippen molar-refractivity contribution in [3.63, 3.8) is 0 Å². The number of imidazole rings is 1. The highest BCUT2D eigenvalue weighted by Gasteiger charge is 2.36. The molecular formula is C10H19N3O5Si. The Bertz CT molecular complexity index is 361. The van der Waals surface area contributed by atoms with E-state index < -0.39 is 14.9 Å². The molecule has 1 aromatic heterocycles. The smallest absolute Gasteiger partial charge is 0.390 e. The van der Waals surface area contributed by atoms with Gasteiger partial charge >= 0.3 is 14.9 Å². The van der Waals surface area contributed by atoms with Crippen molar-refractivity contribution in [3.05, 3.63) is 12.5 Å². The van der Waals surface area contributed by atoms with Gasteiger partial charge in [-0.1, -0.05) is 0 Å². The summed E-state index contributed by atoms with van der Waals surface area (Å²) in [5.41, 5.74) is 0. The summed E-state index contributed by atoms with van der Waals surface area (Å²) in [7, 11) is 2.10. The fourth-order valence-corrected chi connectivity index (χ4v) is 3.21. The van der Waals surface area contributed by atoms with Gasteiger partial charge in [-0.2, -0.15) is 0 Å². The molecule has 0 saturated heterocycles. The molecule has 2 N–H and O–H groups in total. The van der Waals surface area contributed by atoms with E-state index in [2.05, 4.69) is 15.3 Å². The van der Waals surface area contributed by atoms with Gasteiger partial charge in [0, 0.05) is 33.9 Å². The van der Waals surface area contributed by atoms with Crippen molar-refractivity contribution in [1.82, 2.24) is 15.3 Å². The molecule has 1 rings (SSSR count). The number of carbonyl (C=O) groups is 1. The van der Waals surface area contributed by atoms with Crippen molar-refractivity contribution in [2.75, 3.05) is 27.9 Å². The minimum atomic E-state index is -2.56. The lowest BCUT2D eigenvalue weighted by Crippen LogP contribution is -2.43. The SMILES string of the molecule is CO[Si](CCCNC(=O)Oc1c[nH]cn1)(OC)OC. The number of amides is 1. The van der Waals surface area contributed by atoms with Gasteiger partial charge in [0.1, 0.15) is 0 Å². The molecular weight excluding hydrogens is 270 g/mol. The summed E-state index contributed by atoms with van der Waals surface area (Å²) in [5.74, 6) is 0.229. The third-order valence-corrected chi connectivity index (χ3v) is 5.36. The molecule has 1 amide bonds. The highest BCUT2D eigenvalue weighted by atomic mass is 28.4. The number of carbonyl (C=O) groups excluding carboxylic acids is 1. The fourth-order valence-electron chi connectivity index (χ4n) is 1.49. The molecule has 0 saturated carbocycles. The molecule has 0 fully saturated rings. The van der Waals surface area contributed by atoms with Crippen LogP contribution in [0.5, 0.6) is 5.88 Å². The summed E-state index contributed by atoms with van der Waals surface area (Å²) in [6.45, 7) is 0.439. The maximum absolute atomic E-state index is 11.4. The van der Waals surface area contributed by atoms with Crippen LogP contribution >= 0.6 is 0 Å². The second-order valence-corrected chi connectivity index (χ2v) is 6.71. The van der Waals surface area contributed by atoms with Crippen molar-refractivity contribution < 1.29 is 22.8 Å². The van der Waals surface area contributed by atoms with Gasteiger partial charge in [-0.25, -0.2) is 9.78 Å². The van der Waals surface area contributed by atoms with Crippen LogP contribution in [0.15, 0.2) is 12.5 Å². The number of hydrogen-bond donors (Lipinski definition) is 2. The fraction of sp³-hybridized carbons (Fsp3) is 0.600. The van der Waals surface area contributed by atoms with Gasteiger partial charge < -0.3 is 28.3 Å². The Morgan fingerprint density at radius 3 is 2.58 bits per heavy atom. The van der Waals surface area contributed by atoms with E-state index in [9.17, 15) is 4.79 Å². The van der Waals surface area contributed by atoms with Gasteiger partial charge in [0.2, 0.25) is 5.88 Å². The number of rotatable bonds is 8. The number of aromatic nitrogens is 2. The Labute approximate surface area is 112 Å². The van der Waals surface area contributed by atoms with E-state index in [-0.39, 0.29) is 5.88 Å². The number of nitrogens with one attached hydrogen (secondary N) is 2. The maximum atomic E-state index is 11.4. The average molecular weight is 289 g/mol. The number of ether oxygens (including phenoxy) is 1. The van der Waals surface area contributed by atoms with Gasteiger partial charge in [-0.05, 0) is 6.42 Å². The van der Waals surface area contributed by atoms with E-state index in [0.29, 0.717) is 19.0 Å². The van der Waals surface area contributed by atoms with Crippen molar-refractivity contribution in [2.24, 2.45) is 0 Å². The summed E-state index contributed by atoms with van der Waals surface area (Å²) in [5, 5.41) is 2.61. The lowest BCUT2D eigenvalue weighted by Gasteiger charge is -2.24. The quantitative estimate of drug-likeness (QED) is 0.542. The number of H-pyrrole nitrogens is 1. The molecule has 0 spiro atoms. The van der Waals surface area contributed by atoms with Gasteiger partial charge in [-0.3, -0.25) is 0 Å². The van der Waals surface area contributed by atoms with Crippen LogP contribution < -0.4 is 10.1 Å². The lowest BCUT2D eigenvalue weighted by molar-refractivity contribution is 0.123. The Morgan fingerprint density at radius 1 is 1.37 bits per heavy atom. The van der Waals surface area contributed by atoms with Crippen molar-refractivity contribution in [1.29, 1.82) is 0 Å². The lowest BCUT2D eigenvalue weighted by atomic mass is 10.5. The average Bonchev–Trinajstić information content (AvgIpc) is 2.93. The standard InChI is InChI=1S/C10H19N3O5Si/c1-15-19(16-2,17-3)6-4-5-12-10(14)18-9-7-11-8-13-9/h7-8H,4-6H2,1-3H3,(H,11,13)(H,12,14). The molecule has 0 radical (unpaired) electrons. The molecule has 108 valence electrons. The first kappa shape index (κ1) is 15.6. The Kier molecular flexibility index (Phi) is 6.49. The molecule has 0 aromatic carbocycles. The molecule has 0 unspecified atom stereocenters. The molecule has 1 aromatic rings. The Balaban J connectivity index is 2.21. The second kappa shape index (κ2) is 7.89. The van der Waals surface area contributed by atoms with Gasteiger partial charge in [0.05, 0.1) is 12.5 Å². The van der Waals surface area contributed by atoms with Gasteiger partial charge in [-0.15, -0.1) is 0 Å². The van der Waals surface area contributed by atoms with Crippen LogP contribution in [-0.4, -0.2) is 52.7 Å². The van der Waals surface area contributed by atoms with Gasteiger partial charge in [0.15, 0.2) is 0 Å². The molecule has 9 heteroatoms. The van der Waals surface area contributed by atoms with Crippen LogP contribution in [0.2, 0.25) is 6.04 Å². The summed E-state index contributed by atoms with van der Waals surface area (Å²) >= 11 is 0. The third-order valence-electron chi connectivity index (χ3n) is 2.53. The molecule has 1 heterocycles. The largest absolute Gasteiger partial charge is 0.500 e. The van der Waals surface area contributed by atoms with E-state index in [1.807, 2.05) is 0 Å². The van der Waals surface area contributed by atoms with Crippen molar-refractivity contribution >= 4 is 14.9 Å². The normalized spacial score (nSPS) is 11.3. The Hall–Kier alpha value is -1.42. The van der Waals surface area contributed by atoms with E-state index in [1.54, 1.807) is 21.3 Å². The molecule has 0 atom stereocenters. The molecule has 0 aliphatic heterocycles. The molecule has 0 aliphatic carbocycles. The van der Waals surface area contributed by atoms with E-state index in [0.717, 1.165) is 0 Å². The van der Waals surface area contributed by atoms with Gasteiger partial charge in [0.25, 0.3) is 0 Å². The minimum Gasteiger partial charge on any atom is -0.390 e. The molecule has 8 nitrogen and oxygen atoms in total. The molecule has 0 aliphatic rings. The monoisotopic (exact) mass is 289 g/mol. The number of nitrogens with zero attached hydrogens (tertiary/aromatic N) is 1. The zero-order valence-electron chi connectivity index (χ0n) is 11.3. The highest BCUT2D eigenvalue weighted by Crippen LogP contribution is 2.14. The van der Waals surface area contributed by atoms with Crippen LogP contribution in [0.3, 0.4) is 0 Å². The first-order valence-corrected chi connectivity index (χ1v) is 7.69. The first-order chi connectivity index (χ1) is 9.15. The molecule has 19 heavy (non-hydrogen) atoms. The maximum Gasteiger partial charge on any atom is 0.500 e. The van der Waals surface area contributed by atoms with E-state index in [1.165, 1.54) is 12.5 Å². The summed E-state index contributed by atoms with van der Waals surface area (Å²) in [4.78, 5) is 17.8. The summed E-state index contributed by atoms with van der Waals surface area (Å²) < 4.78 is 20.7. The number of hydrogen-bond acceptors (Lipinski definition) is 6. The third kappa shape index (κ3) is 4.99. The van der Waals surface area contributed by atoms with Crippen LogP contribution in [0, 0.1) is 0 Å².